The molecule has 0 saturated carbocycles. The summed E-state index contributed by atoms with van der Waals surface area (Å²) in [7, 11) is 0. The Hall–Kier alpha value is -3.39. The van der Waals surface area contributed by atoms with Gasteiger partial charge in [0.25, 0.3) is 5.91 Å². The van der Waals surface area contributed by atoms with Gasteiger partial charge in [0.1, 0.15) is 5.75 Å². The van der Waals surface area contributed by atoms with E-state index in [4.69, 9.17) is 10.5 Å². The summed E-state index contributed by atoms with van der Waals surface area (Å²) >= 11 is 0. The molecule has 2 aromatic carbocycles. The van der Waals surface area contributed by atoms with Crippen molar-refractivity contribution in [1.29, 1.82) is 0 Å². The highest BCUT2D eigenvalue weighted by molar-refractivity contribution is 5.95. The number of nitrogens with one attached hydrogen (secondary N) is 3. The molecule has 0 aromatic heterocycles. The van der Waals surface area contributed by atoms with Crippen LogP contribution in [0, 0.1) is 5.92 Å². The van der Waals surface area contributed by atoms with E-state index in [1.807, 2.05) is 32.0 Å². The monoisotopic (exact) mass is 398 g/mol. The SMILES string of the molecule is CC(C)[C@H](N)C(=O)NCC(=O)Nc1cccc(OCC(=O)Nc2ccccc2)c1. The summed E-state index contributed by atoms with van der Waals surface area (Å²) in [6.07, 6.45) is 0. The fourth-order valence-electron chi connectivity index (χ4n) is 2.32. The number of amides is 3. The van der Waals surface area contributed by atoms with Crippen LogP contribution in [0.5, 0.6) is 5.75 Å². The number of nitrogens with two attached hydrogens (primary N) is 1. The third kappa shape index (κ3) is 7.63. The van der Waals surface area contributed by atoms with E-state index in [9.17, 15) is 14.4 Å². The number of para-hydroxylation sites is 1. The first kappa shape index (κ1) is 21.9. The average molecular weight is 398 g/mol. The molecule has 0 saturated heterocycles. The third-order valence-corrected chi connectivity index (χ3v) is 3.99. The van der Waals surface area contributed by atoms with Crippen LogP contribution in [-0.2, 0) is 14.4 Å². The number of ether oxygens (including phenoxy) is 1. The first-order valence-electron chi connectivity index (χ1n) is 9.26. The smallest absolute Gasteiger partial charge is 0.262 e. The first-order chi connectivity index (χ1) is 13.8. The number of anilines is 2. The maximum absolute atomic E-state index is 12.0. The van der Waals surface area contributed by atoms with Crippen molar-refractivity contribution in [1.82, 2.24) is 5.32 Å². The van der Waals surface area contributed by atoms with Crippen LogP contribution < -0.4 is 26.4 Å². The molecule has 0 radical (unpaired) electrons. The number of carbonyl (C=O) groups excluding carboxylic acids is 3. The molecule has 0 bridgehead atoms. The average Bonchev–Trinajstić information content (AvgIpc) is 2.71. The second-order valence-corrected chi connectivity index (χ2v) is 6.77. The van der Waals surface area contributed by atoms with Gasteiger partial charge in [0.05, 0.1) is 12.6 Å². The van der Waals surface area contributed by atoms with E-state index in [0.717, 1.165) is 0 Å². The largest absolute Gasteiger partial charge is 0.484 e. The summed E-state index contributed by atoms with van der Waals surface area (Å²) in [6.45, 7) is 3.30. The van der Waals surface area contributed by atoms with Gasteiger partial charge in [-0.15, -0.1) is 0 Å². The van der Waals surface area contributed by atoms with Gasteiger partial charge in [-0.25, -0.2) is 0 Å². The van der Waals surface area contributed by atoms with Gasteiger partial charge in [0, 0.05) is 17.4 Å². The van der Waals surface area contributed by atoms with E-state index in [0.29, 0.717) is 17.1 Å². The zero-order chi connectivity index (χ0) is 21.2. The molecule has 2 aromatic rings. The van der Waals surface area contributed by atoms with Crippen molar-refractivity contribution in [3.8, 4) is 5.75 Å². The number of benzene rings is 2. The molecule has 8 nitrogen and oxygen atoms in total. The Morgan fingerprint density at radius 1 is 0.931 bits per heavy atom. The molecule has 0 spiro atoms. The van der Waals surface area contributed by atoms with Crippen LogP contribution in [0.4, 0.5) is 11.4 Å². The minimum Gasteiger partial charge on any atom is -0.484 e. The highest BCUT2D eigenvalue weighted by Gasteiger charge is 2.17. The topological polar surface area (TPSA) is 123 Å². The number of rotatable bonds is 9. The van der Waals surface area contributed by atoms with E-state index in [1.165, 1.54) is 0 Å². The Balaban J connectivity index is 1.80. The molecule has 0 aliphatic carbocycles. The summed E-state index contributed by atoms with van der Waals surface area (Å²) in [4.78, 5) is 35.8. The molecule has 0 aliphatic rings. The van der Waals surface area contributed by atoms with Crippen LogP contribution >= 0.6 is 0 Å². The summed E-state index contributed by atoms with van der Waals surface area (Å²) in [6, 6.07) is 15.0. The van der Waals surface area contributed by atoms with Crippen molar-refractivity contribution in [2.75, 3.05) is 23.8 Å². The van der Waals surface area contributed by atoms with Gasteiger partial charge in [0.2, 0.25) is 11.8 Å². The molecular weight excluding hydrogens is 372 g/mol. The van der Waals surface area contributed by atoms with Crippen molar-refractivity contribution in [2.24, 2.45) is 11.7 Å². The predicted octanol–water partition coefficient (Wildman–Crippen LogP) is 1.74. The summed E-state index contributed by atoms with van der Waals surface area (Å²) in [5.74, 6) is -0.664. The summed E-state index contributed by atoms with van der Waals surface area (Å²) in [5.41, 5.74) is 6.90. The first-order valence-corrected chi connectivity index (χ1v) is 9.26. The quantitative estimate of drug-likeness (QED) is 0.512. The molecule has 0 heterocycles. The van der Waals surface area contributed by atoms with E-state index in [1.54, 1.807) is 36.4 Å². The van der Waals surface area contributed by atoms with Crippen LogP contribution in [0.25, 0.3) is 0 Å². The zero-order valence-corrected chi connectivity index (χ0v) is 16.5. The van der Waals surface area contributed by atoms with E-state index in [-0.39, 0.29) is 30.9 Å². The normalized spacial score (nSPS) is 11.4. The van der Waals surface area contributed by atoms with Gasteiger partial charge in [-0.2, -0.15) is 0 Å². The second-order valence-electron chi connectivity index (χ2n) is 6.77. The van der Waals surface area contributed by atoms with Gasteiger partial charge in [-0.1, -0.05) is 38.1 Å². The minimum atomic E-state index is -0.665. The molecule has 0 unspecified atom stereocenters. The van der Waals surface area contributed by atoms with Crippen molar-refractivity contribution >= 4 is 29.1 Å². The van der Waals surface area contributed by atoms with Gasteiger partial charge in [-0.05, 0) is 30.2 Å². The Bertz CT molecular complexity index is 840. The standard InChI is InChI=1S/C21H26N4O4/c1-14(2)20(22)21(28)23-12-18(26)25-16-9-6-10-17(11-16)29-13-19(27)24-15-7-4-3-5-8-15/h3-11,14,20H,12-13,22H2,1-2H3,(H,23,28)(H,24,27)(H,25,26)/t20-/m0/s1. The maximum atomic E-state index is 12.0. The van der Waals surface area contributed by atoms with Gasteiger partial charge < -0.3 is 26.4 Å². The Kier molecular flexibility index (Phi) is 8.17. The Morgan fingerprint density at radius 3 is 2.28 bits per heavy atom. The molecule has 0 aliphatic heterocycles. The van der Waals surface area contributed by atoms with Crippen LogP contribution in [0.2, 0.25) is 0 Å². The van der Waals surface area contributed by atoms with Gasteiger partial charge in [0.15, 0.2) is 6.61 Å². The lowest BCUT2D eigenvalue weighted by Crippen LogP contribution is -2.46. The summed E-state index contributed by atoms with van der Waals surface area (Å²) in [5, 5.41) is 7.88. The lowest BCUT2D eigenvalue weighted by molar-refractivity contribution is -0.125. The molecule has 2 rings (SSSR count). The van der Waals surface area contributed by atoms with Crippen LogP contribution in [-0.4, -0.2) is 36.9 Å². The van der Waals surface area contributed by atoms with Gasteiger partial charge in [-0.3, -0.25) is 14.4 Å². The van der Waals surface area contributed by atoms with E-state index in [2.05, 4.69) is 16.0 Å². The Labute approximate surface area is 169 Å². The highest BCUT2D eigenvalue weighted by atomic mass is 16.5. The molecule has 3 amide bonds. The molecule has 8 heteroatoms. The lowest BCUT2D eigenvalue weighted by atomic mass is 10.1. The fourth-order valence-corrected chi connectivity index (χ4v) is 2.32. The predicted molar refractivity (Wildman–Crippen MR) is 111 cm³/mol. The minimum absolute atomic E-state index is 0.0222. The summed E-state index contributed by atoms with van der Waals surface area (Å²) < 4.78 is 5.47. The number of hydrogen-bond acceptors (Lipinski definition) is 5. The molecule has 5 N–H and O–H groups in total. The Morgan fingerprint density at radius 2 is 1.59 bits per heavy atom. The van der Waals surface area contributed by atoms with Crippen LogP contribution in [0.3, 0.4) is 0 Å². The number of carbonyl (C=O) groups is 3. The van der Waals surface area contributed by atoms with Crippen molar-refractivity contribution in [2.45, 2.75) is 19.9 Å². The van der Waals surface area contributed by atoms with Gasteiger partial charge >= 0.3 is 0 Å². The lowest BCUT2D eigenvalue weighted by Gasteiger charge is -2.15. The highest BCUT2D eigenvalue weighted by Crippen LogP contribution is 2.17. The second kappa shape index (κ2) is 10.8. The molecule has 154 valence electrons. The van der Waals surface area contributed by atoms with E-state index < -0.39 is 11.9 Å². The molecular formula is C21H26N4O4. The van der Waals surface area contributed by atoms with Crippen molar-refractivity contribution in [3.63, 3.8) is 0 Å². The van der Waals surface area contributed by atoms with Crippen molar-refractivity contribution < 1.29 is 19.1 Å². The zero-order valence-electron chi connectivity index (χ0n) is 16.5. The fraction of sp³-hybridized carbons (Fsp3) is 0.286. The maximum Gasteiger partial charge on any atom is 0.262 e. The third-order valence-electron chi connectivity index (χ3n) is 3.99. The molecule has 29 heavy (non-hydrogen) atoms. The van der Waals surface area contributed by atoms with Crippen molar-refractivity contribution in [3.05, 3.63) is 54.6 Å². The van der Waals surface area contributed by atoms with E-state index >= 15 is 0 Å². The molecule has 1 atom stereocenters. The molecule has 0 fully saturated rings. The van der Waals surface area contributed by atoms with Crippen LogP contribution in [0.15, 0.2) is 54.6 Å². The van der Waals surface area contributed by atoms with Crippen LogP contribution in [0.1, 0.15) is 13.8 Å². The number of hydrogen-bond donors (Lipinski definition) is 4.